The molecule has 0 aliphatic rings. The van der Waals surface area contributed by atoms with Crippen LogP contribution in [0.15, 0.2) is 104 Å². The molecule has 0 saturated carbocycles. The lowest BCUT2D eigenvalue weighted by molar-refractivity contribution is 0.595. The molecule has 0 unspecified atom stereocenters. The van der Waals surface area contributed by atoms with Gasteiger partial charge in [-0.3, -0.25) is 0 Å². The lowest BCUT2D eigenvalue weighted by Gasteiger charge is -2.11. The molecule has 0 radical (unpaired) electrons. The maximum Gasteiger partial charge on any atom is 0.299 e. The molecule has 3 aromatic rings. The van der Waals surface area contributed by atoms with Crippen LogP contribution in [0.4, 0.5) is 22.7 Å². The highest BCUT2D eigenvalue weighted by molar-refractivity contribution is 7.90. The third kappa shape index (κ3) is 5.08. The van der Waals surface area contributed by atoms with E-state index >= 15 is 0 Å². The Morgan fingerprint density at radius 2 is 1.14 bits per heavy atom. The lowest BCUT2D eigenvalue weighted by Crippen LogP contribution is -2.07. The second-order valence-corrected chi connectivity index (χ2v) is 7.68. The zero-order valence-corrected chi connectivity index (χ0v) is 16.3. The number of azo groups is 1. The van der Waals surface area contributed by atoms with Gasteiger partial charge >= 0.3 is 0 Å². The fraction of sp³-hybridized carbons (Fsp3) is 0.100. The summed E-state index contributed by atoms with van der Waals surface area (Å²) in [6, 6.07) is 22.4. The van der Waals surface area contributed by atoms with E-state index in [1.54, 1.807) is 24.3 Å². The average molecular weight is 393 g/mol. The summed E-state index contributed by atoms with van der Waals surface area (Å²) in [6.07, 6.45) is 0. The summed E-state index contributed by atoms with van der Waals surface area (Å²) in [6.45, 7) is 0. The van der Waals surface area contributed by atoms with Crippen molar-refractivity contribution in [2.24, 2.45) is 19.9 Å². The van der Waals surface area contributed by atoms with Crippen LogP contribution in [-0.2, 0) is 10.0 Å². The Balaban J connectivity index is 1.72. The third-order valence-corrected chi connectivity index (χ3v) is 4.97. The highest BCUT2D eigenvalue weighted by Crippen LogP contribution is 2.23. The van der Waals surface area contributed by atoms with Crippen LogP contribution in [0.2, 0.25) is 0 Å². The van der Waals surface area contributed by atoms with Crippen LogP contribution in [-0.4, -0.2) is 22.5 Å². The lowest BCUT2D eigenvalue weighted by atomic mass is 10.3. The summed E-state index contributed by atoms with van der Waals surface area (Å²) in [7, 11) is -0.0518. The maximum atomic E-state index is 12.3. The number of hydrogen-bond donors (Lipinski definition) is 0. The van der Waals surface area contributed by atoms with Gasteiger partial charge < -0.3 is 4.90 Å². The molecule has 0 spiro atoms. The number of hydrogen-bond acceptors (Lipinski definition) is 6. The van der Waals surface area contributed by atoms with Crippen molar-refractivity contribution in [2.75, 3.05) is 19.0 Å². The van der Waals surface area contributed by atoms with Gasteiger partial charge in [-0.15, -0.1) is 5.11 Å². The summed E-state index contributed by atoms with van der Waals surface area (Å²) < 4.78 is 28.2. The molecule has 0 amide bonds. The van der Waals surface area contributed by atoms with Crippen molar-refractivity contribution < 1.29 is 8.42 Å². The molecule has 8 heteroatoms. The summed E-state index contributed by atoms with van der Waals surface area (Å²) >= 11 is 0. The van der Waals surface area contributed by atoms with Crippen LogP contribution in [0.3, 0.4) is 0 Å². The van der Waals surface area contributed by atoms with Gasteiger partial charge in [0.1, 0.15) is 0 Å². The minimum atomic E-state index is -3.89. The highest BCUT2D eigenvalue weighted by atomic mass is 32.2. The molecule has 0 aliphatic heterocycles. The van der Waals surface area contributed by atoms with Gasteiger partial charge in [0, 0.05) is 19.8 Å². The topological polar surface area (TPSA) is 86.8 Å². The van der Waals surface area contributed by atoms with Crippen LogP contribution in [0.1, 0.15) is 0 Å². The number of anilines is 1. The second-order valence-electron chi connectivity index (χ2n) is 6.10. The molecule has 3 rings (SSSR count). The Morgan fingerprint density at radius 3 is 1.71 bits per heavy atom. The molecule has 0 atom stereocenters. The molecule has 3 aromatic carbocycles. The van der Waals surface area contributed by atoms with Gasteiger partial charge in [-0.25, -0.2) is 0 Å². The fourth-order valence-corrected chi connectivity index (χ4v) is 3.04. The smallest absolute Gasteiger partial charge is 0.299 e. The zero-order chi connectivity index (χ0) is 20.0. The van der Waals surface area contributed by atoms with E-state index in [0.717, 1.165) is 5.69 Å². The van der Waals surface area contributed by atoms with Crippen molar-refractivity contribution in [1.29, 1.82) is 0 Å². The third-order valence-electron chi connectivity index (χ3n) is 3.80. The quantitative estimate of drug-likeness (QED) is 0.508. The maximum absolute atomic E-state index is 12.3. The Labute approximate surface area is 164 Å². The molecule has 0 aliphatic carbocycles. The molecule has 142 valence electrons. The molecule has 0 fully saturated rings. The second kappa shape index (κ2) is 8.53. The van der Waals surface area contributed by atoms with Gasteiger partial charge in [0.2, 0.25) is 0 Å². The molecule has 7 nitrogen and oxygen atoms in total. The number of nitrogens with zero attached hydrogens (tertiary/aromatic N) is 5. The summed E-state index contributed by atoms with van der Waals surface area (Å²) in [5.41, 5.74) is 2.71. The molecule has 0 heterocycles. The molecule has 0 N–H and O–H groups in total. The van der Waals surface area contributed by atoms with Crippen molar-refractivity contribution in [3.05, 3.63) is 78.9 Å². The van der Waals surface area contributed by atoms with Crippen LogP contribution in [0, 0.1) is 0 Å². The summed E-state index contributed by atoms with van der Waals surface area (Å²) in [4.78, 5) is 1.98. The largest absolute Gasteiger partial charge is 0.378 e. The molecular weight excluding hydrogens is 374 g/mol. The summed E-state index contributed by atoms with van der Waals surface area (Å²) in [5, 5.41) is 12.0. The van der Waals surface area contributed by atoms with E-state index < -0.39 is 10.0 Å². The standard InChI is InChI=1S/C20H19N5O2S/c1-25(2)19-12-8-18(9-13-19)23-24-28(26,27)20-14-10-17(11-15-20)22-21-16-6-4-3-5-7-16/h3-15H,1-2H3/b22-21+,24-23?. The van der Waals surface area contributed by atoms with Crippen molar-refractivity contribution in [1.82, 2.24) is 0 Å². The van der Waals surface area contributed by atoms with Gasteiger partial charge in [0.05, 0.1) is 22.0 Å². The van der Waals surface area contributed by atoms with E-state index in [1.165, 1.54) is 12.1 Å². The minimum Gasteiger partial charge on any atom is -0.378 e. The Morgan fingerprint density at radius 1 is 0.643 bits per heavy atom. The number of benzene rings is 3. The van der Waals surface area contributed by atoms with E-state index in [9.17, 15) is 8.42 Å². The number of sulfonamides is 1. The SMILES string of the molecule is CN(C)c1ccc(N=NS(=O)(=O)c2ccc(/N=N/c3ccccc3)cc2)cc1. The van der Waals surface area contributed by atoms with E-state index in [4.69, 9.17) is 0 Å². The van der Waals surface area contributed by atoms with Crippen molar-refractivity contribution in [3.63, 3.8) is 0 Å². The molecular formula is C20H19N5O2S. The van der Waals surface area contributed by atoms with Crippen LogP contribution in [0.25, 0.3) is 0 Å². The van der Waals surface area contributed by atoms with Crippen LogP contribution in [0.5, 0.6) is 0 Å². The Kier molecular flexibility index (Phi) is 5.90. The first-order chi connectivity index (χ1) is 13.4. The minimum absolute atomic E-state index is 0.0415. The van der Waals surface area contributed by atoms with Crippen LogP contribution < -0.4 is 4.90 Å². The molecule has 0 aromatic heterocycles. The van der Waals surface area contributed by atoms with E-state index in [2.05, 4.69) is 19.9 Å². The van der Waals surface area contributed by atoms with Gasteiger partial charge in [-0.1, -0.05) is 22.7 Å². The molecule has 0 bridgehead atoms. The van der Waals surface area contributed by atoms with E-state index in [0.29, 0.717) is 17.1 Å². The average Bonchev–Trinajstić information content (AvgIpc) is 2.72. The van der Waals surface area contributed by atoms with Crippen molar-refractivity contribution in [2.45, 2.75) is 4.90 Å². The van der Waals surface area contributed by atoms with Crippen molar-refractivity contribution in [3.8, 4) is 0 Å². The zero-order valence-electron chi connectivity index (χ0n) is 15.5. The Hall–Kier alpha value is -3.39. The first-order valence-corrected chi connectivity index (χ1v) is 9.90. The first kappa shape index (κ1) is 19.4. The highest BCUT2D eigenvalue weighted by Gasteiger charge is 2.12. The summed E-state index contributed by atoms with van der Waals surface area (Å²) in [5.74, 6) is 0. The van der Waals surface area contributed by atoms with E-state index in [-0.39, 0.29) is 4.90 Å². The number of rotatable bonds is 6. The monoisotopic (exact) mass is 393 g/mol. The van der Waals surface area contributed by atoms with Crippen molar-refractivity contribution >= 4 is 32.8 Å². The van der Waals surface area contributed by atoms with Gasteiger partial charge in [-0.2, -0.15) is 18.6 Å². The Bertz CT molecular complexity index is 1080. The van der Waals surface area contributed by atoms with Gasteiger partial charge in [-0.05, 0) is 60.7 Å². The van der Waals surface area contributed by atoms with Gasteiger partial charge in [0.15, 0.2) is 0 Å². The van der Waals surface area contributed by atoms with Crippen LogP contribution >= 0.6 is 0 Å². The van der Waals surface area contributed by atoms with E-state index in [1.807, 2.05) is 61.5 Å². The first-order valence-electron chi connectivity index (χ1n) is 8.46. The normalized spacial score (nSPS) is 11.9. The molecule has 0 saturated heterocycles. The predicted octanol–water partition coefficient (Wildman–Crippen LogP) is 5.64. The van der Waals surface area contributed by atoms with Gasteiger partial charge in [0.25, 0.3) is 10.0 Å². The molecule has 28 heavy (non-hydrogen) atoms. The predicted molar refractivity (Wildman–Crippen MR) is 110 cm³/mol. The fourth-order valence-electron chi connectivity index (χ4n) is 2.26.